The highest BCUT2D eigenvalue weighted by Gasteiger charge is 2.15. The number of carbonyl (C=O) groups excluding carboxylic acids is 1. The molecule has 3 aromatic rings. The molecule has 4 heteroatoms. The maximum atomic E-state index is 12.8. The Morgan fingerprint density at radius 1 is 0.962 bits per heavy atom. The smallest absolute Gasteiger partial charge is 0.227 e. The molecule has 0 N–H and O–H groups in total. The van der Waals surface area contributed by atoms with Crippen molar-refractivity contribution in [2.45, 2.75) is 13.0 Å². The largest absolute Gasteiger partial charge is 0.383 e. The van der Waals surface area contributed by atoms with Crippen molar-refractivity contribution < 1.29 is 9.53 Å². The van der Waals surface area contributed by atoms with E-state index < -0.39 is 0 Å². The van der Waals surface area contributed by atoms with Gasteiger partial charge in [0.15, 0.2) is 0 Å². The van der Waals surface area contributed by atoms with Crippen LogP contribution in [0.25, 0.3) is 11.1 Å². The van der Waals surface area contributed by atoms with Crippen molar-refractivity contribution in [3.63, 3.8) is 0 Å². The number of rotatable bonds is 8. The minimum absolute atomic E-state index is 0.126. The Labute approximate surface area is 158 Å². The summed E-state index contributed by atoms with van der Waals surface area (Å²) in [6.07, 6.45) is 0.406. The average Bonchev–Trinajstić information content (AvgIpc) is 3.19. The van der Waals surface area contributed by atoms with Crippen LogP contribution in [0.1, 0.15) is 11.1 Å². The lowest BCUT2D eigenvalue weighted by atomic mass is 10.0. The zero-order chi connectivity index (χ0) is 18.2. The van der Waals surface area contributed by atoms with Crippen LogP contribution < -0.4 is 0 Å². The van der Waals surface area contributed by atoms with Gasteiger partial charge in [-0.25, -0.2) is 0 Å². The molecule has 1 heterocycles. The van der Waals surface area contributed by atoms with E-state index in [2.05, 4.69) is 35.7 Å². The van der Waals surface area contributed by atoms with Gasteiger partial charge in [-0.2, -0.15) is 11.3 Å². The second-order valence-corrected chi connectivity index (χ2v) is 6.96. The van der Waals surface area contributed by atoms with E-state index in [4.69, 9.17) is 4.74 Å². The van der Waals surface area contributed by atoms with Gasteiger partial charge in [0.1, 0.15) is 0 Å². The molecule has 0 saturated heterocycles. The van der Waals surface area contributed by atoms with E-state index in [1.54, 1.807) is 18.4 Å². The van der Waals surface area contributed by atoms with E-state index >= 15 is 0 Å². The predicted molar refractivity (Wildman–Crippen MR) is 107 cm³/mol. The van der Waals surface area contributed by atoms with Crippen molar-refractivity contribution in [2.75, 3.05) is 20.3 Å². The first-order chi connectivity index (χ1) is 12.8. The molecule has 0 unspecified atom stereocenters. The summed E-state index contributed by atoms with van der Waals surface area (Å²) in [7, 11) is 1.66. The SMILES string of the molecule is COCCN(Cc1ccsc1)C(=O)Cc1ccc(-c2ccccc2)cc1. The summed E-state index contributed by atoms with van der Waals surface area (Å²) >= 11 is 1.65. The molecule has 0 spiro atoms. The Hall–Kier alpha value is -2.43. The van der Waals surface area contributed by atoms with Gasteiger partial charge < -0.3 is 9.64 Å². The maximum absolute atomic E-state index is 12.8. The molecule has 0 saturated carbocycles. The first-order valence-corrected chi connectivity index (χ1v) is 9.62. The number of thiophene rings is 1. The quantitative estimate of drug-likeness (QED) is 0.582. The summed E-state index contributed by atoms with van der Waals surface area (Å²) in [5.74, 6) is 0.126. The third-order valence-corrected chi connectivity index (χ3v) is 5.02. The van der Waals surface area contributed by atoms with E-state index in [1.165, 1.54) is 11.1 Å². The number of benzene rings is 2. The van der Waals surface area contributed by atoms with Crippen LogP contribution in [0.5, 0.6) is 0 Å². The summed E-state index contributed by atoms with van der Waals surface area (Å²) in [6, 6.07) is 20.6. The molecule has 3 rings (SSSR count). The average molecular weight is 365 g/mol. The standard InChI is InChI=1S/C22H23NO2S/c1-25-13-12-23(16-19-11-14-26-17-19)22(24)15-18-7-9-21(10-8-18)20-5-3-2-4-6-20/h2-11,14,17H,12-13,15-16H2,1H3. The van der Waals surface area contributed by atoms with Crippen LogP contribution in [-0.2, 0) is 22.5 Å². The second kappa shape index (κ2) is 9.32. The Kier molecular flexibility index (Phi) is 6.58. The molecular weight excluding hydrogens is 342 g/mol. The van der Waals surface area contributed by atoms with Crippen LogP contribution in [0.15, 0.2) is 71.4 Å². The summed E-state index contributed by atoms with van der Waals surface area (Å²) in [5.41, 5.74) is 4.54. The highest BCUT2D eigenvalue weighted by molar-refractivity contribution is 7.07. The molecule has 134 valence electrons. The van der Waals surface area contributed by atoms with Crippen LogP contribution in [-0.4, -0.2) is 31.1 Å². The predicted octanol–water partition coefficient (Wildman–Crippen LogP) is 4.63. The number of amides is 1. The fourth-order valence-corrected chi connectivity index (χ4v) is 3.49. The highest BCUT2D eigenvalue weighted by atomic mass is 32.1. The minimum Gasteiger partial charge on any atom is -0.383 e. The molecule has 0 aliphatic heterocycles. The summed E-state index contributed by atoms with van der Waals surface area (Å²) in [6.45, 7) is 1.78. The molecule has 0 radical (unpaired) electrons. The van der Waals surface area contributed by atoms with Crippen molar-refractivity contribution in [3.8, 4) is 11.1 Å². The van der Waals surface area contributed by atoms with Crippen molar-refractivity contribution in [1.29, 1.82) is 0 Å². The maximum Gasteiger partial charge on any atom is 0.227 e. The van der Waals surface area contributed by atoms with Gasteiger partial charge in [-0.1, -0.05) is 54.6 Å². The van der Waals surface area contributed by atoms with Crippen molar-refractivity contribution in [2.24, 2.45) is 0 Å². The lowest BCUT2D eigenvalue weighted by Crippen LogP contribution is -2.34. The van der Waals surface area contributed by atoms with Crippen LogP contribution in [0, 0.1) is 0 Å². The Morgan fingerprint density at radius 2 is 1.69 bits per heavy atom. The van der Waals surface area contributed by atoms with Crippen molar-refractivity contribution >= 4 is 17.2 Å². The molecular formula is C22H23NO2S. The second-order valence-electron chi connectivity index (χ2n) is 6.18. The Balaban J connectivity index is 1.66. The summed E-state index contributed by atoms with van der Waals surface area (Å²) < 4.78 is 5.17. The Morgan fingerprint density at radius 3 is 2.35 bits per heavy atom. The van der Waals surface area contributed by atoms with Crippen LogP contribution in [0.3, 0.4) is 0 Å². The number of carbonyl (C=O) groups is 1. The molecule has 2 aromatic carbocycles. The van der Waals surface area contributed by atoms with Gasteiger partial charge in [0.05, 0.1) is 13.0 Å². The van der Waals surface area contributed by atoms with Gasteiger partial charge in [0, 0.05) is 20.2 Å². The zero-order valence-electron chi connectivity index (χ0n) is 14.9. The number of nitrogens with zero attached hydrogens (tertiary/aromatic N) is 1. The van der Waals surface area contributed by atoms with Gasteiger partial charge in [0.25, 0.3) is 0 Å². The lowest BCUT2D eigenvalue weighted by molar-refractivity contribution is -0.131. The molecule has 26 heavy (non-hydrogen) atoms. The lowest BCUT2D eigenvalue weighted by Gasteiger charge is -2.22. The first kappa shape index (κ1) is 18.4. The van der Waals surface area contributed by atoms with Crippen molar-refractivity contribution in [1.82, 2.24) is 4.90 Å². The van der Waals surface area contributed by atoms with Gasteiger partial charge in [-0.05, 0) is 39.1 Å². The molecule has 0 bridgehead atoms. The van der Waals surface area contributed by atoms with Crippen LogP contribution in [0.4, 0.5) is 0 Å². The van der Waals surface area contributed by atoms with Gasteiger partial charge >= 0.3 is 0 Å². The molecule has 0 atom stereocenters. The molecule has 0 fully saturated rings. The van der Waals surface area contributed by atoms with E-state index in [9.17, 15) is 4.79 Å². The van der Waals surface area contributed by atoms with Gasteiger partial charge in [-0.15, -0.1) is 0 Å². The summed E-state index contributed by atoms with van der Waals surface area (Å²) in [4.78, 5) is 14.6. The van der Waals surface area contributed by atoms with E-state index in [-0.39, 0.29) is 5.91 Å². The van der Waals surface area contributed by atoms with Crippen molar-refractivity contribution in [3.05, 3.63) is 82.6 Å². The minimum atomic E-state index is 0.126. The topological polar surface area (TPSA) is 29.5 Å². The third kappa shape index (κ3) is 5.04. The van der Waals surface area contributed by atoms with Gasteiger partial charge in [-0.3, -0.25) is 4.79 Å². The molecule has 1 aromatic heterocycles. The number of ether oxygens (including phenoxy) is 1. The fraction of sp³-hybridized carbons (Fsp3) is 0.227. The van der Waals surface area contributed by atoms with Crippen LogP contribution in [0.2, 0.25) is 0 Å². The number of hydrogen-bond donors (Lipinski definition) is 0. The third-order valence-electron chi connectivity index (χ3n) is 4.29. The molecule has 0 aliphatic rings. The number of hydrogen-bond acceptors (Lipinski definition) is 3. The zero-order valence-corrected chi connectivity index (χ0v) is 15.7. The first-order valence-electron chi connectivity index (χ1n) is 8.68. The number of methoxy groups -OCH3 is 1. The van der Waals surface area contributed by atoms with E-state index in [1.807, 2.05) is 40.6 Å². The highest BCUT2D eigenvalue weighted by Crippen LogP contribution is 2.20. The monoisotopic (exact) mass is 365 g/mol. The van der Waals surface area contributed by atoms with E-state index in [0.717, 1.165) is 11.1 Å². The molecule has 3 nitrogen and oxygen atoms in total. The Bertz CT molecular complexity index is 798. The normalized spacial score (nSPS) is 10.7. The summed E-state index contributed by atoms with van der Waals surface area (Å²) in [5, 5.41) is 4.12. The van der Waals surface area contributed by atoms with E-state index in [0.29, 0.717) is 26.1 Å². The molecule has 0 aliphatic carbocycles. The fourth-order valence-electron chi connectivity index (χ4n) is 2.83. The van der Waals surface area contributed by atoms with Gasteiger partial charge in [0.2, 0.25) is 5.91 Å². The molecule has 1 amide bonds. The van der Waals surface area contributed by atoms with Crippen LogP contribution >= 0.6 is 11.3 Å².